The zero-order chi connectivity index (χ0) is 15.5. The first-order chi connectivity index (χ1) is 10.6. The van der Waals surface area contributed by atoms with E-state index in [-0.39, 0.29) is 42.1 Å². The Morgan fingerprint density at radius 2 is 1.78 bits per heavy atom. The van der Waals surface area contributed by atoms with Gasteiger partial charge in [-0.3, -0.25) is 9.59 Å². The highest BCUT2D eigenvalue weighted by atomic mass is 35.5. The highest BCUT2D eigenvalue weighted by molar-refractivity contribution is 5.94. The molecule has 6 heteroatoms. The Hall–Kier alpha value is -1.59. The fraction of sp³-hybridized carbons (Fsp3) is 0.529. The van der Waals surface area contributed by atoms with Crippen molar-refractivity contribution in [2.24, 2.45) is 11.8 Å². The van der Waals surface area contributed by atoms with Crippen LogP contribution in [0.15, 0.2) is 24.3 Å². The SMILES string of the molecule is CC(NC(=O)C1CCNC1)c1ccc(NC(=O)C2CC2)cc1.Cl. The number of halogens is 1. The number of anilines is 1. The first-order valence-electron chi connectivity index (χ1n) is 8.05. The van der Waals surface area contributed by atoms with Crippen molar-refractivity contribution in [2.75, 3.05) is 18.4 Å². The van der Waals surface area contributed by atoms with Crippen LogP contribution in [-0.4, -0.2) is 24.9 Å². The van der Waals surface area contributed by atoms with E-state index >= 15 is 0 Å². The molecule has 3 rings (SSSR count). The van der Waals surface area contributed by atoms with Crippen LogP contribution >= 0.6 is 12.4 Å². The van der Waals surface area contributed by atoms with Crippen LogP contribution in [0.4, 0.5) is 5.69 Å². The van der Waals surface area contributed by atoms with E-state index in [0.717, 1.165) is 43.6 Å². The number of carbonyl (C=O) groups is 2. The van der Waals surface area contributed by atoms with E-state index in [9.17, 15) is 9.59 Å². The summed E-state index contributed by atoms with van der Waals surface area (Å²) in [6.07, 6.45) is 2.91. The summed E-state index contributed by atoms with van der Waals surface area (Å²) in [5.74, 6) is 0.518. The van der Waals surface area contributed by atoms with Crippen molar-refractivity contribution in [1.82, 2.24) is 10.6 Å². The van der Waals surface area contributed by atoms with Gasteiger partial charge in [0.05, 0.1) is 12.0 Å². The van der Waals surface area contributed by atoms with Crippen LogP contribution in [0.25, 0.3) is 0 Å². The first kappa shape index (κ1) is 17.8. The molecule has 1 saturated carbocycles. The second-order valence-electron chi connectivity index (χ2n) is 6.31. The number of hydrogen-bond acceptors (Lipinski definition) is 3. The summed E-state index contributed by atoms with van der Waals surface area (Å²) in [5.41, 5.74) is 1.86. The predicted molar refractivity (Wildman–Crippen MR) is 92.6 cm³/mol. The minimum Gasteiger partial charge on any atom is -0.349 e. The fourth-order valence-corrected chi connectivity index (χ4v) is 2.74. The molecule has 23 heavy (non-hydrogen) atoms. The summed E-state index contributed by atoms with van der Waals surface area (Å²) in [6, 6.07) is 7.69. The predicted octanol–water partition coefficient (Wildman–Crippen LogP) is 2.24. The van der Waals surface area contributed by atoms with Crippen molar-refractivity contribution < 1.29 is 9.59 Å². The van der Waals surface area contributed by atoms with Crippen LogP contribution in [0, 0.1) is 11.8 Å². The van der Waals surface area contributed by atoms with Crippen molar-refractivity contribution in [3.63, 3.8) is 0 Å². The van der Waals surface area contributed by atoms with Crippen LogP contribution in [0.5, 0.6) is 0 Å². The van der Waals surface area contributed by atoms with E-state index in [0.29, 0.717) is 0 Å². The quantitative estimate of drug-likeness (QED) is 0.771. The van der Waals surface area contributed by atoms with E-state index in [2.05, 4.69) is 16.0 Å². The first-order valence-corrected chi connectivity index (χ1v) is 8.05. The van der Waals surface area contributed by atoms with Gasteiger partial charge < -0.3 is 16.0 Å². The zero-order valence-electron chi connectivity index (χ0n) is 13.3. The van der Waals surface area contributed by atoms with Gasteiger partial charge in [0.2, 0.25) is 11.8 Å². The number of rotatable bonds is 5. The third-order valence-electron chi connectivity index (χ3n) is 4.42. The van der Waals surface area contributed by atoms with Crippen LogP contribution in [0.2, 0.25) is 0 Å². The number of benzene rings is 1. The maximum absolute atomic E-state index is 12.1. The van der Waals surface area contributed by atoms with E-state index in [1.165, 1.54) is 0 Å². The van der Waals surface area contributed by atoms with Gasteiger partial charge in [0.1, 0.15) is 0 Å². The summed E-state index contributed by atoms with van der Waals surface area (Å²) < 4.78 is 0. The minimum atomic E-state index is -0.0266. The summed E-state index contributed by atoms with van der Waals surface area (Å²) in [6.45, 7) is 3.67. The standard InChI is InChI=1S/C17H23N3O2.ClH/c1-11(19-17(22)14-8-9-18-10-14)12-4-6-15(7-5-12)20-16(21)13-2-3-13;/h4-7,11,13-14,18H,2-3,8-10H2,1H3,(H,19,22)(H,20,21);1H. The maximum Gasteiger partial charge on any atom is 0.227 e. The van der Waals surface area contributed by atoms with E-state index in [1.807, 2.05) is 31.2 Å². The number of nitrogens with one attached hydrogen (secondary N) is 3. The lowest BCUT2D eigenvalue weighted by molar-refractivity contribution is -0.125. The second-order valence-corrected chi connectivity index (χ2v) is 6.31. The molecular weight excluding hydrogens is 314 g/mol. The van der Waals surface area contributed by atoms with Gasteiger partial charge in [-0.25, -0.2) is 0 Å². The summed E-state index contributed by atoms with van der Waals surface area (Å²) in [7, 11) is 0. The van der Waals surface area contributed by atoms with Gasteiger partial charge in [-0.2, -0.15) is 0 Å². The van der Waals surface area contributed by atoms with Gasteiger partial charge in [0, 0.05) is 18.2 Å². The molecule has 0 aromatic heterocycles. The van der Waals surface area contributed by atoms with E-state index in [1.54, 1.807) is 0 Å². The molecule has 2 amide bonds. The molecule has 126 valence electrons. The summed E-state index contributed by atoms with van der Waals surface area (Å²) in [4.78, 5) is 23.8. The third kappa shape index (κ3) is 4.69. The Balaban J connectivity index is 0.00000192. The number of carbonyl (C=O) groups excluding carboxylic acids is 2. The Morgan fingerprint density at radius 1 is 1.09 bits per heavy atom. The summed E-state index contributed by atoms with van der Waals surface area (Å²) in [5, 5.41) is 9.19. The van der Waals surface area contributed by atoms with E-state index in [4.69, 9.17) is 0 Å². The smallest absolute Gasteiger partial charge is 0.227 e. The molecule has 0 bridgehead atoms. The molecular formula is C17H24ClN3O2. The topological polar surface area (TPSA) is 70.2 Å². The van der Waals surface area contributed by atoms with Crippen LogP contribution in [0.3, 0.4) is 0 Å². The largest absolute Gasteiger partial charge is 0.349 e. The van der Waals surface area contributed by atoms with E-state index < -0.39 is 0 Å². The van der Waals surface area contributed by atoms with Crippen molar-refractivity contribution in [3.05, 3.63) is 29.8 Å². The van der Waals surface area contributed by atoms with Gasteiger partial charge >= 0.3 is 0 Å². The number of amides is 2. The molecule has 2 unspecified atom stereocenters. The molecule has 1 saturated heterocycles. The van der Waals surface area contributed by atoms with Crippen LogP contribution in [-0.2, 0) is 9.59 Å². The molecule has 2 aliphatic rings. The summed E-state index contributed by atoms with van der Waals surface area (Å²) >= 11 is 0. The average molecular weight is 338 g/mol. The van der Waals surface area contributed by atoms with Crippen molar-refractivity contribution in [2.45, 2.75) is 32.2 Å². The number of hydrogen-bond donors (Lipinski definition) is 3. The molecule has 1 aliphatic carbocycles. The molecule has 1 aromatic carbocycles. The van der Waals surface area contributed by atoms with Gasteiger partial charge in [0.15, 0.2) is 0 Å². The van der Waals surface area contributed by atoms with Crippen molar-refractivity contribution in [1.29, 1.82) is 0 Å². The van der Waals surface area contributed by atoms with Gasteiger partial charge in [-0.05, 0) is 50.4 Å². The highest BCUT2D eigenvalue weighted by Gasteiger charge is 2.29. The Labute approximate surface area is 143 Å². The lowest BCUT2D eigenvalue weighted by Crippen LogP contribution is -2.33. The third-order valence-corrected chi connectivity index (χ3v) is 4.42. The molecule has 0 radical (unpaired) electrons. The molecule has 0 spiro atoms. The fourth-order valence-electron chi connectivity index (χ4n) is 2.74. The molecule has 5 nitrogen and oxygen atoms in total. The normalized spacial score (nSPS) is 21.2. The molecule has 3 N–H and O–H groups in total. The molecule has 2 fully saturated rings. The van der Waals surface area contributed by atoms with Crippen LogP contribution < -0.4 is 16.0 Å². The maximum atomic E-state index is 12.1. The Bertz CT molecular complexity index is 551. The zero-order valence-corrected chi connectivity index (χ0v) is 14.1. The molecule has 2 atom stereocenters. The Morgan fingerprint density at radius 3 is 2.35 bits per heavy atom. The molecule has 1 heterocycles. The molecule has 1 aromatic rings. The molecule has 1 aliphatic heterocycles. The van der Waals surface area contributed by atoms with Crippen molar-refractivity contribution in [3.8, 4) is 0 Å². The monoisotopic (exact) mass is 337 g/mol. The second kappa shape index (κ2) is 7.79. The highest BCUT2D eigenvalue weighted by Crippen LogP contribution is 2.30. The minimum absolute atomic E-state index is 0. The van der Waals surface area contributed by atoms with Gasteiger partial charge in [-0.15, -0.1) is 12.4 Å². The van der Waals surface area contributed by atoms with Crippen molar-refractivity contribution >= 4 is 29.9 Å². The lowest BCUT2D eigenvalue weighted by atomic mass is 10.0. The van der Waals surface area contributed by atoms with Gasteiger partial charge in [-0.1, -0.05) is 12.1 Å². The lowest BCUT2D eigenvalue weighted by Gasteiger charge is -2.17. The average Bonchev–Trinajstić information content (AvgIpc) is 3.22. The van der Waals surface area contributed by atoms with Crippen LogP contribution in [0.1, 0.15) is 37.8 Å². The van der Waals surface area contributed by atoms with Gasteiger partial charge in [0.25, 0.3) is 0 Å². The Kier molecular flexibility index (Phi) is 6.02.